The van der Waals surface area contributed by atoms with Gasteiger partial charge in [0.05, 0.1) is 30.8 Å². The summed E-state index contributed by atoms with van der Waals surface area (Å²) in [4.78, 5) is 6.24. The van der Waals surface area contributed by atoms with Gasteiger partial charge in [-0.15, -0.1) is 0 Å². The molecule has 1 rings (SSSR count). The fourth-order valence-electron chi connectivity index (χ4n) is 1.55. The van der Waals surface area contributed by atoms with E-state index >= 15 is 0 Å². The molecule has 0 radical (unpaired) electrons. The Labute approximate surface area is 104 Å². The number of aromatic nitrogens is 2. The van der Waals surface area contributed by atoms with Crippen molar-refractivity contribution >= 4 is 0 Å². The van der Waals surface area contributed by atoms with E-state index < -0.39 is 0 Å². The largest absolute Gasteiger partial charge is 0.378 e. The van der Waals surface area contributed by atoms with E-state index in [1.165, 1.54) is 0 Å². The van der Waals surface area contributed by atoms with Crippen LogP contribution in [0.2, 0.25) is 0 Å². The molecule has 0 aliphatic carbocycles. The Bertz CT molecular complexity index is 327. The minimum atomic E-state index is -0.361. The van der Waals surface area contributed by atoms with Crippen molar-refractivity contribution in [1.29, 1.82) is 0 Å². The maximum absolute atomic E-state index is 6.06. The number of ether oxygens (including phenoxy) is 1. The summed E-state index contributed by atoms with van der Waals surface area (Å²) in [6.07, 6.45) is 3.62. The first-order valence-electron chi connectivity index (χ1n) is 5.93. The van der Waals surface area contributed by atoms with Gasteiger partial charge in [0.2, 0.25) is 0 Å². The van der Waals surface area contributed by atoms with Gasteiger partial charge >= 0.3 is 0 Å². The molecule has 5 heteroatoms. The molecule has 1 aromatic heterocycles. The van der Waals surface area contributed by atoms with Gasteiger partial charge in [-0.2, -0.15) is 0 Å². The number of rotatable bonds is 7. The molecule has 0 saturated carbocycles. The summed E-state index contributed by atoms with van der Waals surface area (Å²) in [6.45, 7) is 7.14. The summed E-state index contributed by atoms with van der Waals surface area (Å²) < 4.78 is 7.61. The Balaban J connectivity index is 2.35. The van der Waals surface area contributed by atoms with Crippen LogP contribution in [0.3, 0.4) is 0 Å². The number of hydrogen-bond acceptors (Lipinski definition) is 4. The van der Waals surface area contributed by atoms with Crippen LogP contribution in [-0.2, 0) is 16.8 Å². The van der Waals surface area contributed by atoms with Gasteiger partial charge in [0.25, 0.3) is 0 Å². The molecule has 0 atom stereocenters. The second-order valence-electron chi connectivity index (χ2n) is 5.11. The van der Waals surface area contributed by atoms with Crippen LogP contribution in [-0.4, -0.2) is 48.3 Å². The van der Waals surface area contributed by atoms with Crippen molar-refractivity contribution in [2.45, 2.75) is 25.9 Å². The number of nitrogens with zero attached hydrogens (tertiary/aromatic N) is 3. The summed E-state index contributed by atoms with van der Waals surface area (Å²) in [5.74, 6) is 0. The van der Waals surface area contributed by atoms with Crippen LogP contribution in [0.4, 0.5) is 0 Å². The molecule has 0 aliphatic rings. The monoisotopic (exact) mass is 240 g/mol. The smallest absolute Gasteiger partial charge is 0.0949 e. The van der Waals surface area contributed by atoms with Gasteiger partial charge < -0.3 is 19.9 Å². The second-order valence-corrected chi connectivity index (χ2v) is 5.11. The molecular weight excluding hydrogens is 216 g/mol. The van der Waals surface area contributed by atoms with Crippen LogP contribution < -0.4 is 5.73 Å². The molecule has 0 saturated heterocycles. The summed E-state index contributed by atoms with van der Waals surface area (Å²) in [7, 11) is 4.07. The van der Waals surface area contributed by atoms with Crippen molar-refractivity contribution in [3.8, 4) is 0 Å². The zero-order valence-corrected chi connectivity index (χ0v) is 11.3. The van der Waals surface area contributed by atoms with E-state index in [1.807, 2.05) is 34.1 Å². The molecule has 1 heterocycles. The van der Waals surface area contributed by atoms with Crippen molar-refractivity contribution in [3.05, 3.63) is 18.2 Å². The predicted molar refractivity (Wildman–Crippen MR) is 68.8 cm³/mol. The lowest BCUT2D eigenvalue weighted by Crippen LogP contribution is -2.32. The fraction of sp³-hybridized carbons (Fsp3) is 0.750. The van der Waals surface area contributed by atoms with E-state index in [2.05, 4.69) is 14.5 Å². The number of nitrogens with two attached hydrogens (primary N) is 1. The first-order chi connectivity index (χ1) is 7.91. The molecule has 0 amide bonds. The van der Waals surface area contributed by atoms with E-state index in [9.17, 15) is 0 Å². The summed E-state index contributed by atoms with van der Waals surface area (Å²) in [6, 6.07) is 0. The van der Waals surface area contributed by atoms with Crippen LogP contribution >= 0.6 is 0 Å². The molecule has 0 aromatic carbocycles. The van der Waals surface area contributed by atoms with Gasteiger partial charge in [-0.25, -0.2) is 4.98 Å². The Morgan fingerprint density at radius 1 is 1.41 bits per heavy atom. The summed E-state index contributed by atoms with van der Waals surface area (Å²) in [5, 5.41) is 0. The van der Waals surface area contributed by atoms with Gasteiger partial charge in [-0.05, 0) is 27.9 Å². The Morgan fingerprint density at radius 2 is 2.12 bits per heavy atom. The topological polar surface area (TPSA) is 56.3 Å². The lowest BCUT2D eigenvalue weighted by molar-refractivity contribution is 0.110. The minimum Gasteiger partial charge on any atom is -0.378 e. The third kappa shape index (κ3) is 4.85. The van der Waals surface area contributed by atoms with Crippen molar-refractivity contribution in [3.63, 3.8) is 0 Å². The average molecular weight is 240 g/mol. The Morgan fingerprint density at radius 3 is 2.71 bits per heavy atom. The summed E-state index contributed by atoms with van der Waals surface area (Å²) in [5.41, 5.74) is 6.74. The van der Waals surface area contributed by atoms with Crippen molar-refractivity contribution < 1.29 is 4.74 Å². The van der Waals surface area contributed by atoms with Crippen molar-refractivity contribution in [2.24, 2.45) is 5.73 Å². The number of hydrogen-bond donors (Lipinski definition) is 1. The van der Waals surface area contributed by atoms with E-state index in [0.29, 0.717) is 6.61 Å². The fourth-order valence-corrected chi connectivity index (χ4v) is 1.55. The molecule has 5 nitrogen and oxygen atoms in total. The van der Waals surface area contributed by atoms with Crippen LogP contribution in [0.25, 0.3) is 0 Å². The van der Waals surface area contributed by atoms with Gasteiger partial charge in [-0.3, -0.25) is 0 Å². The van der Waals surface area contributed by atoms with E-state index in [4.69, 9.17) is 10.5 Å². The SMILES string of the molecule is CN(C)CCOCCn1cncc1C(C)(C)N. The van der Waals surface area contributed by atoms with Crippen LogP contribution in [0.5, 0.6) is 0 Å². The maximum atomic E-state index is 6.06. The highest BCUT2D eigenvalue weighted by Gasteiger charge is 2.18. The molecule has 0 unspecified atom stereocenters. The van der Waals surface area contributed by atoms with Crippen LogP contribution in [0.15, 0.2) is 12.5 Å². The summed E-state index contributed by atoms with van der Waals surface area (Å²) >= 11 is 0. The van der Waals surface area contributed by atoms with Crippen LogP contribution in [0.1, 0.15) is 19.5 Å². The third-order valence-corrected chi connectivity index (χ3v) is 2.53. The molecule has 17 heavy (non-hydrogen) atoms. The quantitative estimate of drug-likeness (QED) is 0.711. The highest BCUT2D eigenvalue weighted by atomic mass is 16.5. The molecule has 0 spiro atoms. The Hall–Kier alpha value is -0.910. The number of imidazole rings is 1. The minimum absolute atomic E-state index is 0.361. The Kier molecular flexibility index (Phi) is 5.11. The lowest BCUT2D eigenvalue weighted by atomic mass is 10.0. The molecule has 0 fully saturated rings. The molecule has 98 valence electrons. The highest BCUT2D eigenvalue weighted by Crippen LogP contribution is 2.15. The van der Waals surface area contributed by atoms with E-state index in [-0.39, 0.29) is 5.54 Å². The highest BCUT2D eigenvalue weighted by molar-refractivity contribution is 5.09. The first kappa shape index (κ1) is 14.2. The van der Waals surface area contributed by atoms with Crippen molar-refractivity contribution in [2.75, 3.05) is 33.9 Å². The van der Waals surface area contributed by atoms with Gasteiger partial charge in [-0.1, -0.05) is 0 Å². The van der Waals surface area contributed by atoms with Crippen molar-refractivity contribution in [1.82, 2.24) is 14.5 Å². The predicted octanol–water partition coefficient (Wildman–Crippen LogP) is 0.655. The van der Waals surface area contributed by atoms with E-state index in [1.54, 1.807) is 6.33 Å². The average Bonchev–Trinajstić information content (AvgIpc) is 2.64. The van der Waals surface area contributed by atoms with Gasteiger partial charge in [0.15, 0.2) is 0 Å². The second kappa shape index (κ2) is 6.14. The normalized spacial score (nSPS) is 12.4. The first-order valence-corrected chi connectivity index (χ1v) is 5.93. The van der Waals surface area contributed by atoms with Gasteiger partial charge in [0.1, 0.15) is 0 Å². The maximum Gasteiger partial charge on any atom is 0.0949 e. The standard InChI is InChI=1S/C12H24N4O/c1-12(2,13)11-9-14-10-16(11)6-8-17-7-5-15(3)4/h9-10H,5-8,13H2,1-4H3. The number of likely N-dealkylation sites (N-methyl/N-ethyl adjacent to an activating group) is 1. The van der Waals surface area contributed by atoms with E-state index in [0.717, 1.165) is 25.4 Å². The molecule has 2 N–H and O–H groups in total. The molecule has 0 aliphatic heterocycles. The zero-order chi connectivity index (χ0) is 12.9. The molecule has 1 aromatic rings. The van der Waals surface area contributed by atoms with Crippen LogP contribution in [0, 0.1) is 0 Å². The third-order valence-electron chi connectivity index (χ3n) is 2.53. The lowest BCUT2D eigenvalue weighted by Gasteiger charge is -2.20. The zero-order valence-electron chi connectivity index (χ0n) is 11.3. The van der Waals surface area contributed by atoms with Gasteiger partial charge in [0, 0.05) is 19.3 Å². The molecular formula is C12H24N4O. The molecule has 0 bridgehead atoms.